The van der Waals surface area contributed by atoms with Crippen molar-refractivity contribution in [2.24, 2.45) is 0 Å². The number of likely N-dealkylation sites (tertiary alicyclic amines) is 1. The molecule has 0 saturated carbocycles. The highest BCUT2D eigenvalue weighted by atomic mass is 32.2. The number of benzene rings is 2. The number of halogens is 7. The lowest BCUT2D eigenvalue weighted by Crippen LogP contribution is -2.55. The molecule has 40 heavy (non-hydrogen) atoms. The number of fused-ring (bicyclic) bond motifs is 3. The molecule has 6 nitrogen and oxygen atoms in total. The number of amides is 1. The zero-order valence-corrected chi connectivity index (χ0v) is 22.3. The van der Waals surface area contributed by atoms with Crippen LogP contribution in [0.1, 0.15) is 50.3 Å². The summed E-state index contributed by atoms with van der Waals surface area (Å²) < 4.78 is 127. The van der Waals surface area contributed by atoms with E-state index in [4.69, 9.17) is 4.74 Å². The van der Waals surface area contributed by atoms with Crippen LogP contribution in [0.15, 0.2) is 47.4 Å². The topological polar surface area (TPSA) is 83.9 Å². The molecule has 0 bridgehead atoms. The lowest BCUT2D eigenvalue weighted by molar-refractivity contribution is -0.376. The normalized spacial score (nSPS) is 22.1. The van der Waals surface area contributed by atoms with Crippen LogP contribution in [-0.2, 0) is 31.3 Å². The van der Waals surface area contributed by atoms with Gasteiger partial charge in [0.2, 0.25) is 0 Å². The van der Waals surface area contributed by atoms with Crippen LogP contribution in [0, 0.1) is 5.82 Å². The van der Waals surface area contributed by atoms with E-state index in [0.717, 1.165) is 30.3 Å². The van der Waals surface area contributed by atoms with E-state index in [1.807, 2.05) is 0 Å². The number of ether oxygens (including phenoxy) is 1. The number of carbonyl (C=O) groups excluding carboxylic acids is 1. The maximum atomic E-state index is 14.2. The maximum Gasteiger partial charge on any atom is 0.430 e. The number of hydrogen-bond acceptors (Lipinski definition) is 5. The van der Waals surface area contributed by atoms with Crippen LogP contribution in [0.4, 0.5) is 35.5 Å². The van der Waals surface area contributed by atoms with Crippen molar-refractivity contribution >= 4 is 15.9 Å². The molecule has 1 fully saturated rings. The summed E-state index contributed by atoms with van der Waals surface area (Å²) >= 11 is 0. The highest BCUT2D eigenvalue weighted by Crippen LogP contribution is 2.55. The first-order valence-corrected chi connectivity index (χ1v) is 13.6. The molecule has 0 spiro atoms. The number of nitrogens with zero attached hydrogens (tertiary/aromatic N) is 1. The van der Waals surface area contributed by atoms with Gasteiger partial charge >= 0.3 is 18.4 Å². The van der Waals surface area contributed by atoms with E-state index in [2.05, 4.69) is 0 Å². The summed E-state index contributed by atoms with van der Waals surface area (Å²) in [6.45, 7) is 4.66. The molecule has 0 radical (unpaired) electrons. The number of rotatable bonds is 3. The van der Waals surface area contributed by atoms with Crippen LogP contribution in [-0.4, -0.2) is 55.1 Å². The molecular weight excluding hydrogens is 571 g/mol. The van der Waals surface area contributed by atoms with Crippen LogP contribution in [0.5, 0.6) is 0 Å². The number of hydrogen-bond donors (Lipinski definition) is 1. The van der Waals surface area contributed by atoms with Crippen molar-refractivity contribution in [3.05, 3.63) is 65.0 Å². The fraction of sp³-hybridized carbons (Fsp3) is 0.500. The van der Waals surface area contributed by atoms with E-state index in [9.17, 15) is 49.1 Å². The van der Waals surface area contributed by atoms with Gasteiger partial charge < -0.3 is 14.7 Å². The largest absolute Gasteiger partial charge is 0.444 e. The van der Waals surface area contributed by atoms with Crippen molar-refractivity contribution in [2.75, 3.05) is 6.54 Å². The van der Waals surface area contributed by atoms with Gasteiger partial charge in [-0.05, 0) is 75.4 Å². The number of aryl methyl sites for hydroxylation is 1. The van der Waals surface area contributed by atoms with Gasteiger partial charge in [-0.2, -0.15) is 26.3 Å². The standard InChI is InChI=1S/C26H26F7NO5S/c1-22(2,3)39-21(35)34-13-12-23(40(37,38)18-8-6-17(27)7-9-18)19-10-5-16(14-15(19)4-11-20(23)34)24(36,25(28,29)30)26(31,32)33/h5-10,14,20,36H,4,11-13H2,1-3H3/t20?,23-/m1/s1. The Kier molecular flexibility index (Phi) is 7.02. The summed E-state index contributed by atoms with van der Waals surface area (Å²) in [6.07, 6.45) is -13.7. The van der Waals surface area contributed by atoms with E-state index >= 15 is 0 Å². The predicted molar refractivity (Wildman–Crippen MR) is 127 cm³/mol. The molecule has 4 rings (SSSR count). The van der Waals surface area contributed by atoms with E-state index < -0.39 is 61.7 Å². The van der Waals surface area contributed by atoms with Crippen molar-refractivity contribution in [1.29, 1.82) is 0 Å². The third-order valence-electron chi connectivity index (χ3n) is 7.36. The average molecular weight is 598 g/mol. The molecule has 2 aliphatic rings. The Bertz CT molecular complexity index is 1400. The SMILES string of the molecule is CC(C)(C)OC(=O)N1CC[C@@]2(S(=O)(=O)c3ccc(F)cc3)c3ccc(C(O)(C(F)(F)F)C(F)(F)F)cc3CCC12. The molecule has 14 heteroatoms. The Labute approximate surface area is 225 Å². The molecule has 0 aromatic heterocycles. The van der Waals surface area contributed by atoms with Gasteiger partial charge in [0.05, 0.1) is 10.9 Å². The molecule has 1 N–H and O–H groups in total. The lowest BCUT2D eigenvalue weighted by Gasteiger charge is -2.43. The third-order valence-corrected chi connectivity index (χ3v) is 9.90. The molecule has 1 aliphatic carbocycles. The van der Waals surface area contributed by atoms with Gasteiger partial charge in [-0.15, -0.1) is 0 Å². The van der Waals surface area contributed by atoms with Gasteiger partial charge in [0.25, 0.3) is 5.60 Å². The molecule has 2 aromatic carbocycles. The second-order valence-electron chi connectivity index (χ2n) is 10.9. The first-order valence-electron chi connectivity index (χ1n) is 12.2. The first kappa shape index (κ1) is 30.1. The first-order chi connectivity index (χ1) is 18.2. The summed E-state index contributed by atoms with van der Waals surface area (Å²) in [5, 5.41) is 9.92. The number of aliphatic hydroxyl groups is 1. The van der Waals surface area contributed by atoms with Gasteiger partial charge in [-0.25, -0.2) is 17.6 Å². The van der Waals surface area contributed by atoms with Gasteiger partial charge in [0.1, 0.15) is 16.2 Å². The molecule has 1 saturated heterocycles. The van der Waals surface area contributed by atoms with Crippen molar-refractivity contribution < 1.29 is 53.8 Å². The fourth-order valence-corrected chi connectivity index (χ4v) is 7.97. The van der Waals surface area contributed by atoms with E-state index in [1.54, 1.807) is 20.8 Å². The van der Waals surface area contributed by atoms with Crippen molar-refractivity contribution in [1.82, 2.24) is 4.90 Å². The summed E-state index contributed by atoms with van der Waals surface area (Å²) in [6, 6.07) is 4.46. The molecular formula is C26H26F7NO5S. The Morgan fingerprint density at radius 3 is 2.10 bits per heavy atom. The zero-order chi connectivity index (χ0) is 30.1. The monoisotopic (exact) mass is 597 g/mol. The molecule has 1 heterocycles. The lowest BCUT2D eigenvalue weighted by atomic mass is 9.76. The fourth-order valence-electron chi connectivity index (χ4n) is 5.60. The average Bonchev–Trinajstić information content (AvgIpc) is 3.23. The predicted octanol–water partition coefficient (Wildman–Crippen LogP) is 5.76. The molecule has 220 valence electrons. The second-order valence-corrected chi connectivity index (χ2v) is 13.1. The number of sulfone groups is 1. The molecule has 2 atom stereocenters. The van der Waals surface area contributed by atoms with Crippen LogP contribution in [0.25, 0.3) is 0 Å². The smallest absolute Gasteiger partial charge is 0.430 e. The summed E-state index contributed by atoms with van der Waals surface area (Å²) in [5.41, 5.74) is -7.92. The molecule has 2 aromatic rings. The second kappa shape index (κ2) is 9.33. The van der Waals surface area contributed by atoms with Gasteiger partial charge in [-0.3, -0.25) is 0 Å². The summed E-state index contributed by atoms with van der Waals surface area (Å²) in [5.74, 6) is -0.734. The van der Waals surface area contributed by atoms with Gasteiger partial charge in [0, 0.05) is 12.1 Å². The van der Waals surface area contributed by atoms with Crippen molar-refractivity contribution in [3.63, 3.8) is 0 Å². The highest BCUT2D eigenvalue weighted by molar-refractivity contribution is 7.92. The quantitative estimate of drug-likeness (QED) is 0.359. The van der Waals surface area contributed by atoms with Gasteiger partial charge in [0.15, 0.2) is 9.84 Å². The Balaban J connectivity index is 1.94. The van der Waals surface area contributed by atoms with Crippen LogP contribution < -0.4 is 0 Å². The molecule has 1 aliphatic heterocycles. The van der Waals surface area contributed by atoms with Gasteiger partial charge in [-0.1, -0.05) is 18.2 Å². The Morgan fingerprint density at radius 1 is 1.00 bits per heavy atom. The molecule has 1 unspecified atom stereocenters. The zero-order valence-electron chi connectivity index (χ0n) is 21.5. The third kappa shape index (κ3) is 4.52. The molecule has 1 amide bonds. The van der Waals surface area contributed by atoms with E-state index in [-0.39, 0.29) is 41.8 Å². The minimum absolute atomic E-state index is 0.102. The number of carbonyl (C=O) groups is 1. The summed E-state index contributed by atoms with van der Waals surface area (Å²) in [4.78, 5) is 13.9. The Morgan fingerprint density at radius 2 is 1.57 bits per heavy atom. The van der Waals surface area contributed by atoms with Crippen LogP contribution in [0.3, 0.4) is 0 Å². The minimum Gasteiger partial charge on any atom is -0.444 e. The van der Waals surface area contributed by atoms with E-state index in [1.165, 1.54) is 4.90 Å². The van der Waals surface area contributed by atoms with E-state index in [0.29, 0.717) is 12.1 Å². The summed E-state index contributed by atoms with van der Waals surface area (Å²) in [7, 11) is -4.53. The van der Waals surface area contributed by atoms with Crippen molar-refractivity contribution in [2.45, 2.75) is 79.3 Å². The van der Waals surface area contributed by atoms with Crippen LogP contribution >= 0.6 is 0 Å². The Hall–Kier alpha value is -2.87. The van der Waals surface area contributed by atoms with Crippen molar-refractivity contribution in [3.8, 4) is 0 Å². The number of alkyl halides is 6. The maximum absolute atomic E-state index is 14.2. The van der Waals surface area contributed by atoms with Crippen LogP contribution in [0.2, 0.25) is 0 Å². The highest BCUT2D eigenvalue weighted by Gasteiger charge is 2.72. The minimum atomic E-state index is -6.13.